The average Bonchev–Trinajstić information content (AvgIpc) is 2.57. The zero-order chi connectivity index (χ0) is 18.2. The highest BCUT2D eigenvalue weighted by Crippen LogP contribution is 2.31. The molecule has 0 saturated carbocycles. The van der Waals surface area contributed by atoms with Crippen molar-refractivity contribution < 1.29 is 17.2 Å². The van der Waals surface area contributed by atoms with Crippen LogP contribution in [0, 0.1) is 18.6 Å². The second-order valence-electron chi connectivity index (χ2n) is 5.75. The summed E-state index contributed by atoms with van der Waals surface area (Å²) in [6.07, 6.45) is 0. The Kier molecular flexibility index (Phi) is 4.41. The van der Waals surface area contributed by atoms with Gasteiger partial charge in [0.05, 0.1) is 4.90 Å². The lowest BCUT2D eigenvalue weighted by Crippen LogP contribution is -2.14. The molecule has 3 aromatic carbocycles. The molecule has 0 heterocycles. The lowest BCUT2D eigenvalue weighted by atomic mass is 9.99. The van der Waals surface area contributed by atoms with Crippen molar-refractivity contribution >= 4 is 10.0 Å². The lowest BCUT2D eigenvalue weighted by Gasteiger charge is -2.10. The molecule has 0 aromatic heterocycles. The van der Waals surface area contributed by atoms with Gasteiger partial charge in [0.25, 0.3) is 0 Å². The van der Waals surface area contributed by atoms with Gasteiger partial charge in [0.15, 0.2) is 11.6 Å². The summed E-state index contributed by atoms with van der Waals surface area (Å²) in [5.74, 6) is -2.39. The molecule has 0 aliphatic rings. The van der Waals surface area contributed by atoms with Crippen LogP contribution in [0.2, 0.25) is 0 Å². The van der Waals surface area contributed by atoms with Gasteiger partial charge >= 0.3 is 0 Å². The van der Waals surface area contributed by atoms with Crippen molar-refractivity contribution in [1.82, 2.24) is 0 Å². The average molecular weight is 359 g/mol. The van der Waals surface area contributed by atoms with Crippen LogP contribution in [0.3, 0.4) is 0 Å². The minimum Gasteiger partial charge on any atom is -0.225 e. The lowest BCUT2D eigenvalue weighted by molar-refractivity contribution is 0.505. The van der Waals surface area contributed by atoms with Crippen molar-refractivity contribution in [1.29, 1.82) is 0 Å². The van der Waals surface area contributed by atoms with Crippen molar-refractivity contribution in [3.63, 3.8) is 0 Å². The first-order chi connectivity index (χ1) is 11.8. The molecular formula is C19H15F2NO2S. The molecule has 0 aliphatic heterocycles. The van der Waals surface area contributed by atoms with E-state index in [1.165, 1.54) is 0 Å². The third kappa shape index (κ3) is 3.60. The largest absolute Gasteiger partial charge is 0.238 e. The van der Waals surface area contributed by atoms with Crippen LogP contribution in [-0.2, 0) is 10.0 Å². The number of aryl methyl sites for hydroxylation is 1. The maximum atomic E-state index is 13.6. The van der Waals surface area contributed by atoms with Crippen molar-refractivity contribution in [3.05, 3.63) is 77.9 Å². The SMILES string of the molecule is Cc1ccc(-c2ccc(-c3cc(F)c(F)cc3S(N)(=O)=O)cc2)cc1. The summed E-state index contributed by atoms with van der Waals surface area (Å²) >= 11 is 0. The van der Waals surface area contributed by atoms with Gasteiger partial charge in [-0.2, -0.15) is 0 Å². The van der Waals surface area contributed by atoms with E-state index in [1.807, 2.05) is 31.2 Å². The highest BCUT2D eigenvalue weighted by molar-refractivity contribution is 7.89. The van der Waals surface area contributed by atoms with Crippen LogP contribution < -0.4 is 5.14 Å². The second-order valence-corrected chi connectivity index (χ2v) is 7.28. The summed E-state index contributed by atoms with van der Waals surface area (Å²) in [6.45, 7) is 1.99. The molecular weight excluding hydrogens is 344 g/mol. The normalized spacial score (nSPS) is 11.5. The van der Waals surface area contributed by atoms with E-state index in [2.05, 4.69) is 0 Å². The number of nitrogens with two attached hydrogens (primary N) is 1. The van der Waals surface area contributed by atoms with E-state index in [1.54, 1.807) is 24.3 Å². The molecule has 0 fully saturated rings. The van der Waals surface area contributed by atoms with Gasteiger partial charge in [-0.3, -0.25) is 0 Å². The van der Waals surface area contributed by atoms with E-state index >= 15 is 0 Å². The zero-order valence-electron chi connectivity index (χ0n) is 13.3. The van der Waals surface area contributed by atoms with Crippen LogP contribution in [0.5, 0.6) is 0 Å². The molecule has 0 radical (unpaired) electrons. The summed E-state index contributed by atoms with van der Waals surface area (Å²) in [5, 5.41) is 5.13. The van der Waals surface area contributed by atoms with Crippen LogP contribution in [0.15, 0.2) is 65.6 Å². The van der Waals surface area contributed by atoms with Gasteiger partial charge in [-0.25, -0.2) is 22.3 Å². The molecule has 0 unspecified atom stereocenters. The van der Waals surface area contributed by atoms with Gasteiger partial charge in [0.2, 0.25) is 10.0 Å². The summed E-state index contributed by atoms with van der Waals surface area (Å²) in [6, 6.07) is 16.2. The van der Waals surface area contributed by atoms with E-state index in [0.29, 0.717) is 11.6 Å². The van der Waals surface area contributed by atoms with Crippen molar-refractivity contribution in [2.75, 3.05) is 0 Å². The first-order valence-electron chi connectivity index (χ1n) is 7.45. The molecule has 2 N–H and O–H groups in total. The molecule has 25 heavy (non-hydrogen) atoms. The first-order valence-corrected chi connectivity index (χ1v) is 8.99. The number of primary sulfonamides is 1. The van der Waals surface area contributed by atoms with Crippen LogP contribution in [0.1, 0.15) is 5.56 Å². The molecule has 3 nitrogen and oxygen atoms in total. The molecule has 3 aromatic rings. The van der Waals surface area contributed by atoms with Gasteiger partial charge in [0, 0.05) is 5.56 Å². The molecule has 0 atom stereocenters. The van der Waals surface area contributed by atoms with Crippen molar-refractivity contribution in [3.8, 4) is 22.3 Å². The first kappa shape index (κ1) is 17.3. The Morgan fingerprint density at radius 2 is 1.20 bits per heavy atom. The van der Waals surface area contributed by atoms with E-state index < -0.39 is 26.6 Å². The Bertz CT molecular complexity index is 1030. The topological polar surface area (TPSA) is 60.2 Å². The van der Waals surface area contributed by atoms with Crippen molar-refractivity contribution in [2.24, 2.45) is 5.14 Å². The highest BCUT2D eigenvalue weighted by Gasteiger charge is 2.19. The van der Waals surface area contributed by atoms with E-state index in [4.69, 9.17) is 5.14 Å². The molecule has 128 valence electrons. The fourth-order valence-electron chi connectivity index (χ4n) is 2.58. The quantitative estimate of drug-likeness (QED) is 0.760. The summed E-state index contributed by atoms with van der Waals surface area (Å²) in [5.41, 5.74) is 3.51. The molecule has 0 saturated heterocycles. The second kappa shape index (κ2) is 6.38. The molecule has 6 heteroatoms. The van der Waals surface area contributed by atoms with Gasteiger partial charge in [0.1, 0.15) is 0 Å². The fraction of sp³-hybridized carbons (Fsp3) is 0.0526. The summed E-state index contributed by atoms with van der Waals surface area (Å²) in [4.78, 5) is -0.450. The molecule has 3 rings (SSSR count). The molecule has 0 bridgehead atoms. The van der Waals surface area contributed by atoms with E-state index in [-0.39, 0.29) is 5.56 Å². The molecule has 0 aliphatic carbocycles. The van der Waals surface area contributed by atoms with Crippen LogP contribution in [0.4, 0.5) is 8.78 Å². The predicted octanol–water partition coefficient (Wildman–Crippen LogP) is 4.25. The van der Waals surface area contributed by atoms with Crippen LogP contribution >= 0.6 is 0 Å². The highest BCUT2D eigenvalue weighted by atomic mass is 32.2. The third-order valence-electron chi connectivity index (χ3n) is 3.91. The van der Waals surface area contributed by atoms with E-state index in [9.17, 15) is 17.2 Å². The van der Waals surface area contributed by atoms with Crippen LogP contribution in [0.25, 0.3) is 22.3 Å². The van der Waals surface area contributed by atoms with Gasteiger partial charge < -0.3 is 0 Å². The van der Waals surface area contributed by atoms with Crippen LogP contribution in [-0.4, -0.2) is 8.42 Å². The fourth-order valence-corrected chi connectivity index (χ4v) is 3.33. The minimum atomic E-state index is -4.19. The maximum absolute atomic E-state index is 13.6. The Morgan fingerprint density at radius 3 is 1.72 bits per heavy atom. The predicted molar refractivity (Wildman–Crippen MR) is 93.3 cm³/mol. The summed E-state index contributed by atoms with van der Waals surface area (Å²) in [7, 11) is -4.19. The number of sulfonamides is 1. The zero-order valence-corrected chi connectivity index (χ0v) is 14.1. The number of hydrogen-bond donors (Lipinski definition) is 1. The number of halogens is 2. The van der Waals surface area contributed by atoms with Gasteiger partial charge in [-0.15, -0.1) is 0 Å². The Labute approximate surface area is 144 Å². The standard InChI is InChI=1S/C19H15F2NO2S/c1-12-2-4-13(5-3-12)14-6-8-15(9-7-14)16-10-17(20)18(21)11-19(16)25(22,23)24/h2-11H,1H3,(H2,22,23,24). The van der Waals surface area contributed by atoms with Gasteiger partial charge in [-0.1, -0.05) is 54.1 Å². The number of rotatable bonds is 3. The Morgan fingerprint density at radius 1 is 0.760 bits per heavy atom. The monoisotopic (exact) mass is 359 g/mol. The molecule has 0 amide bonds. The number of benzene rings is 3. The third-order valence-corrected chi connectivity index (χ3v) is 4.86. The van der Waals surface area contributed by atoms with Gasteiger partial charge in [-0.05, 0) is 35.7 Å². The minimum absolute atomic E-state index is 0.0249. The Hall–Kier alpha value is -2.57. The smallest absolute Gasteiger partial charge is 0.225 e. The molecule has 0 spiro atoms. The summed E-state index contributed by atoms with van der Waals surface area (Å²) < 4.78 is 50.4. The maximum Gasteiger partial charge on any atom is 0.238 e. The van der Waals surface area contributed by atoms with E-state index in [0.717, 1.165) is 22.8 Å². The Balaban J connectivity index is 2.09. The van der Waals surface area contributed by atoms with Crippen molar-refractivity contribution in [2.45, 2.75) is 11.8 Å². The number of hydrogen-bond acceptors (Lipinski definition) is 2.